The van der Waals surface area contributed by atoms with Crippen molar-refractivity contribution >= 4 is 11.8 Å². The summed E-state index contributed by atoms with van der Waals surface area (Å²) in [7, 11) is 0. The number of carbonyl (C=O) groups excluding carboxylic acids is 2. The van der Waals surface area contributed by atoms with E-state index in [1.807, 2.05) is 18.2 Å². The lowest BCUT2D eigenvalue weighted by molar-refractivity contribution is -0.144. The zero-order valence-electron chi connectivity index (χ0n) is 15.6. The van der Waals surface area contributed by atoms with Crippen LogP contribution in [0, 0.1) is 17.3 Å². The smallest absolute Gasteiger partial charge is 0.331 e. The number of hydrogen-bond acceptors (Lipinski definition) is 3. The minimum absolute atomic E-state index is 0.00389. The van der Waals surface area contributed by atoms with E-state index < -0.39 is 0 Å². The first kappa shape index (κ1) is 19.2. The first-order chi connectivity index (χ1) is 11.8. The number of fused-ring (bicyclic) bond motifs is 1. The van der Waals surface area contributed by atoms with Crippen LogP contribution in [0.15, 0.2) is 60.3 Å². The fourth-order valence-corrected chi connectivity index (χ4v) is 3.27. The van der Waals surface area contributed by atoms with Crippen molar-refractivity contribution in [2.45, 2.75) is 46.6 Å². The van der Waals surface area contributed by atoms with Gasteiger partial charge in [0.2, 0.25) is 0 Å². The van der Waals surface area contributed by atoms with Crippen molar-refractivity contribution in [1.82, 2.24) is 0 Å². The molecule has 0 aromatic rings. The minimum atomic E-state index is -0.350. The molecule has 0 amide bonds. The maximum atomic E-state index is 12.1. The molecule has 0 aliphatic heterocycles. The average Bonchev–Trinajstić information content (AvgIpc) is 2.57. The molecule has 2 aliphatic rings. The van der Waals surface area contributed by atoms with Crippen LogP contribution in [0.3, 0.4) is 0 Å². The first-order valence-corrected chi connectivity index (χ1v) is 8.96. The molecule has 134 valence electrons. The molecule has 3 nitrogen and oxygen atoms in total. The highest BCUT2D eigenvalue weighted by molar-refractivity contribution is 6.05. The molecule has 25 heavy (non-hydrogen) atoms. The monoisotopic (exact) mass is 340 g/mol. The number of ketones is 1. The maximum Gasteiger partial charge on any atom is 0.331 e. The van der Waals surface area contributed by atoms with Gasteiger partial charge in [0.05, 0.1) is 0 Å². The number of allylic oxidation sites excluding steroid dienone is 7. The molecule has 0 spiro atoms. The van der Waals surface area contributed by atoms with E-state index in [9.17, 15) is 9.59 Å². The van der Waals surface area contributed by atoms with E-state index in [-0.39, 0.29) is 29.2 Å². The van der Waals surface area contributed by atoms with Crippen molar-refractivity contribution in [3.05, 3.63) is 60.3 Å². The molecule has 0 radical (unpaired) electrons. The summed E-state index contributed by atoms with van der Waals surface area (Å²) in [6, 6.07) is 0. The van der Waals surface area contributed by atoms with Crippen LogP contribution in [0.5, 0.6) is 0 Å². The van der Waals surface area contributed by atoms with Gasteiger partial charge >= 0.3 is 5.97 Å². The molecule has 3 heteroatoms. The Bertz CT molecular complexity index is 677. The second-order valence-corrected chi connectivity index (χ2v) is 7.34. The summed E-state index contributed by atoms with van der Waals surface area (Å²) < 4.78 is 5.63. The van der Waals surface area contributed by atoms with Gasteiger partial charge in [-0.1, -0.05) is 65.0 Å². The van der Waals surface area contributed by atoms with Crippen molar-refractivity contribution in [3.63, 3.8) is 0 Å². The molecule has 4 atom stereocenters. The zero-order valence-corrected chi connectivity index (χ0v) is 15.6. The van der Waals surface area contributed by atoms with Crippen LogP contribution in [0.4, 0.5) is 0 Å². The highest BCUT2D eigenvalue weighted by Gasteiger charge is 2.44. The third-order valence-electron chi connectivity index (χ3n) is 5.52. The normalized spacial score (nSPS) is 30.5. The molecular weight excluding hydrogens is 312 g/mol. The number of carbonyl (C=O) groups is 2. The summed E-state index contributed by atoms with van der Waals surface area (Å²) in [4.78, 5) is 24.0. The SMILES string of the molecule is C=C1C[C@@]2(C)C(=CC1=O)C=C[C@H](OC(=O)/C=C/C=C/[C@@H](C)CC)[C@@H]2C. The van der Waals surface area contributed by atoms with Crippen LogP contribution >= 0.6 is 0 Å². The molecule has 0 aromatic carbocycles. The summed E-state index contributed by atoms with van der Waals surface area (Å²) in [5, 5.41) is 0. The van der Waals surface area contributed by atoms with E-state index in [0.717, 1.165) is 12.0 Å². The predicted molar refractivity (Wildman–Crippen MR) is 101 cm³/mol. The molecule has 0 unspecified atom stereocenters. The van der Waals surface area contributed by atoms with Crippen molar-refractivity contribution < 1.29 is 14.3 Å². The second kappa shape index (κ2) is 7.81. The number of ether oxygens (including phenoxy) is 1. The summed E-state index contributed by atoms with van der Waals surface area (Å²) in [6.07, 6.45) is 13.9. The van der Waals surface area contributed by atoms with Crippen molar-refractivity contribution in [3.8, 4) is 0 Å². The Morgan fingerprint density at radius 3 is 2.88 bits per heavy atom. The van der Waals surface area contributed by atoms with Crippen LogP contribution in [0.2, 0.25) is 0 Å². The summed E-state index contributed by atoms with van der Waals surface area (Å²) in [6.45, 7) is 12.3. The van der Waals surface area contributed by atoms with Gasteiger partial charge in [-0.15, -0.1) is 0 Å². The topological polar surface area (TPSA) is 43.4 Å². The molecule has 0 N–H and O–H groups in total. The Kier molecular flexibility index (Phi) is 5.99. The molecule has 0 saturated carbocycles. The predicted octanol–water partition coefficient (Wildman–Crippen LogP) is 4.72. The zero-order chi connectivity index (χ0) is 18.6. The van der Waals surface area contributed by atoms with E-state index >= 15 is 0 Å². The van der Waals surface area contributed by atoms with E-state index in [2.05, 4.69) is 40.3 Å². The molecule has 0 heterocycles. The van der Waals surface area contributed by atoms with Gasteiger partial charge in [0.1, 0.15) is 6.10 Å². The Balaban J connectivity index is 2.06. The molecular formula is C22H28O3. The fourth-order valence-electron chi connectivity index (χ4n) is 3.27. The fraction of sp³-hybridized carbons (Fsp3) is 0.455. The lowest BCUT2D eigenvalue weighted by Crippen LogP contribution is -2.42. The first-order valence-electron chi connectivity index (χ1n) is 8.96. The Morgan fingerprint density at radius 2 is 2.20 bits per heavy atom. The Hall–Kier alpha value is -2.16. The molecule has 0 bridgehead atoms. The van der Waals surface area contributed by atoms with Gasteiger partial charge < -0.3 is 4.74 Å². The van der Waals surface area contributed by atoms with Gasteiger partial charge in [-0.25, -0.2) is 4.79 Å². The highest BCUT2D eigenvalue weighted by Crippen LogP contribution is 2.49. The third kappa shape index (κ3) is 4.28. The van der Waals surface area contributed by atoms with E-state index in [0.29, 0.717) is 17.9 Å². The van der Waals surface area contributed by atoms with Gasteiger partial charge in [-0.05, 0) is 35.6 Å². The van der Waals surface area contributed by atoms with E-state index in [1.165, 1.54) is 6.08 Å². The lowest BCUT2D eigenvalue weighted by Gasteiger charge is -2.44. The number of esters is 1. The summed E-state index contributed by atoms with van der Waals surface area (Å²) >= 11 is 0. The average molecular weight is 340 g/mol. The minimum Gasteiger partial charge on any atom is -0.455 e. The Labute approximate surface area is 150 Å². The number of hydrogen-bond donors (Lipinski definition) is 0. The summed E-state index contributed by atoms with van der Waals surface area (Å²) in [5.41, 5.74) is 1.38. The Morgan fingerprint density at radius 1 is 1.48 bits per heavy atom. The van der Waals surface area contributed by atoms with Crippen LogP contribution < -0.4 is 0 Å². The van der Waals surface area contributed by atoms with Crippen molar-refractivity contribution in [2.75, 3.05) is 0 Å². The van der Waals surface area contributed by atoms with Crippen molar-refractivity contribution in [2.24, 2.45) is 17.3 Å². The summed E-state index contributed by atoms with van der Waals surface area (Å²) in [5.74, 6) is 0.212. The quantitative estimate of drug-likeness (QED) is 0.413. The van der Waals surface area contributed by atoms with Gasteiger partial charge in [0.25, 0.3) is 0 Å². The van der Waals surface area contributed by atoms with Crippen LogP contribution in [-0.2, 0) is 14.3 Å². The van der Waals surface area contributed by atoms with Crippen molar-refractivity contribution in [1.29, 1.82) is 0 Å². The third-order valence-corrected chi connectivity index (χ3v) is 5.52. The number of rotatable bonds is 5. The molecule has 2 aliphatic carbocycles. The molecule has 0 fully saturated rings. The maximum absolute atomic E-state index is 12.1. The highest BCUT2D eigenvalue weighted by atomic mass is 16.5. The molecule has 2 rings (SSSR count). The van der Waals surface area contributed by atoms with Gasteiger partial charge in [-0.3, -0.25) is 4.79 Å². The standard InChI is InChI=1S/C22H28O3/c1-6-15(2)9-7-8-10-21(24)25-20-12-11-18-13-19(23)16(3)14-22(18,5)17(20)4/h7-13,15,17,20H,3,6,14H2,1-2,4-5H3/b9-7+,10-8+/t15-,17-,20-,22+/m0/s1. The van der Waals surface area contributed by atoms with Crippen LogP contribution in [-0.4, -0.2) is 17.9 Å². The van der Waals surface area contributed by atoms with Gasteiger partial charge in [-0.2, -0.15) is 0 Å². The largest absolute Gasteiger partial charge is 0.455 e. The lowest BCUT2D eigenvalue weighted by atomic mass is 9.61. The van der Waals surface area contributed by atoms with E-state index in [4.69, 9.17) is 4.74 Å². The molecule has 0 saturated heterocycles. The van der Waals surface area contributed by atoms with Crippen LogP contribution in [0.1, 0.15) is 40.5 Å². The van der Waals surface area contributed by atoms with Gasteiger partial charge in [0, 0.05) is 17.4 Å². The van der Waals surface area contributed by atoms with E-state index in [1.54, 1.807) is 12.2 Å². The molecule has 0 aromatic heterocycles. The van der Waals surface area contributed by atoms with Gasteiger partial charge in [0.15, 0.2) is 5.78 Å². The second-order valence-electron chi connectivity index (χ2n) is 7.34. The van der Waals surface area contributed by atoms with Crippen LogP contribution in [0.25, 0.3) is 0 Å².